The molecule has 0 unspecified atom stereocenters. The maximum atomic E-state index is 11.9. The molecule has 0 aliphatic carbocycles. The summed E-state index contributed by atoms with van der Waals surface area (Å²) in [6.07, 6.45) is 0. The van der Waals surface area contributed by atoms with Crippen molar-refractivity contribution in [3.8, 4) is 6.07 Å². The van der Waals surface area contributed by atoms with Gasteiger partial charge in [0.05, 0.1) is 6.07 Å². The molecule has 0 radical (unpaired) electrons. The Morgan fingerprint density at radius 3 is 2.85 bits per heavy atom. The fourth-order valence-corrected chi connectivity index (χ4v) is 3.39. The summed E-state index contributed by atoms with van der Waals surface area (Å²) >= 11 is 1.17. The number of nitrogens with two attached hydrogens (primary N) is 1. The van der Waals surface area contributed by atoms with Crippen molar-refractivity contribution in [3.63, 3.8) is 0 Å². The van der Waals surface area contributed by atoms with Crippen LogP contribution in [0.15, 0.2) is 11.3 Å². The van der Waals surface area contributed by atoms with Crippen molar-refractivity contribution < 1.29 is 24.2 Å². The summed E-state index contributed by atoms with van der Waals surface area (Å²) in [7, 11) is 0. The van der Waals surface area contributed by atoms with Gasteiger partial charge in [-0.3, -0.25) is 14.5 Å². The largest absolute Gasteiger partial charge is 0.477 e. The van der Waals surface area contributed by atoms with Crippen LogP contribution >= 0.6 is 11.8 Å². The highest BCUT2D eigenvalue weighted by Crippen LogP contribution is 2.44. The number of hydrogen-bond acceptors (Lipinski definition) is 7. The monoisotopic (exact) mass is 297 g/mol. The van der Waals surface area contributed by atoms with Crippen LogP contribution < -0.4 is 5.73 Å². The van der Waals surface area contributed by atoms with Crippen LogP contribution in [0.4, 0.5) is 0 Å². The van der Waals surface area contributed by atoms with Crippen LogP contribution in [-0.2, 0) is 19.1 Å². The summed E-state index contributed by atoms with van der Waals surface area (Å²) in [4.78, 5) is 35.0. The predicted molar refractivity (Wildman–Crippen MR) is 66.9 cm³/mol. The minimum Gasteiger partial charge on any atom is -0.477 e. The van der Waals surface area contributed by atoms with E-state index in [1.165, 1.54) is 18.7 Å². The molecule has 2 atom stereocenters. The summed E-state index contributed by atoms with van der Waals surface area (Å²) in [5.41, 5.74) is 4.01. The van der Waals surface area contributed by atoms with Crippen LogP contribution in [0.3, 0.4) is 0 Å². The lowest BCUT2D eigenvalue weighted by molar-refractivity contribution is -0.151. The highest BCUT2D eigenvalue weighted by molar-refractivity contribution is 8.00. The molecule has 2 aliphatic heterocycles. The van der Waals surface area contributed by atoms with Gasteiger partial charge in [-0.15, -0.1) is 11.8 Å². The first-order chi connectivity index (χ1) is 9.32. The maximum absolute atomic E-state index is 11.9. The number of β-lactam (4-membered cyclic amide) rings is 1. The fourth-order valence-electron chi connectivity index (χ4n) is 2.05. The third-order valence-corrected chi connectivity index (χ3v) is 4.44. The fraction of sp³-hybridized carbons (Fsp3) is 0.455. The highest BCUT2D eigenvalue weighted by Gasteiger charge is 2.63. The first-order valence-corrected chi connectivity index (χ1v) is 6.62. The normalized spacial score (nSPS) is 28.4. The average molecular weight is 297 g/mol. The van der Waals surface area contributed by atoms with Gasteiger partial charge >= 0.3 is 11.9 Å². The Morgan fingerprint density at radius 1 is 1.70 bits per heavy atom. The number of carboxylic acid groups (broad SMARTS) is 1. The molecule has 1 saturated heterocycles. The van der Waals surface area contributed by atoms with Gasteiger partial charge in [0.1, 0.15) is 17.7 Å². The Balaban J connectivity index is 2.34. The summed E-state index contributed by atoms with van der Waals surface area (Å²) in [5.74, 6) is -2.39. The van der Waals surface area contributed by atoms with Crippen LogP contribution in [-0.4, -0.2) is 51.1 Å². The second-order valence-corrected chi connectivity index (χ2v) is 5.43. The lowest BCUT2D eigenvalue weighted by Crippen LogP contribution is -2.77. The standard InChI is InChI=1S/C11H11N3O5S/c1-5(15)19-2-6-3-20-10-11(13,4-12)9(18)14(10)7(6)8(16)17/h10H,2-3,13H2,1H3,(H,16,17)/t10-,11+/m1/s1. The maximum Gasteiger partial charge on any atom is 0.352 e. The lowest BCUT2D eigenvalue weighted by atomic mass is 9.89. The molecule has 8 nitrogen and oxygen atoms in total. The van der Waals surface area contributed by atoms with E-state index in [0.29, 0.717) is 5.57 Å². The molecule has 106 valence electrons. The first-order valence-electron chi connectivity index (χ1n) is 5.57. The van der Waals surface area contributed by atoms with Crippen molar-refractivity contribution in [2.75, 3.05) is 12.4 Å². The topological polar surface area (TPSA) is 134 Å². The molecule has 0 aromatic heterocycles. The molecule has 1 amide bonds. The van der Waals surface area contributed by atoms with E-state index in [-0.39, 0.29) is 18.1 Å². The Morgan fingerprint density at radius 2 is 2.35 bits per heavy atom. The van der Waals surface area contributed by atoms with Gasteiger partial charge in [0.15, 0.2) is 0 Å². The Kier molecular flexibility index (Phi) is 3.45. The van der Waals surface area contributed by atoms with Crippen molar-refractivity contribution in [1.29, 1.82) is 5.26 Å². The number of carboxylic acids is 1. The van der Waals surface area contributed by atoms with E-state index < -0.39 is 28.8 Å². The van der Waals surface area contributed by atoms with Gasteiger partial charge < -0.3 is 15.6 Å². The van der Waals surface area contributed by atoms with E-state index in [9.17, 15) is 19.5 Å². The predicted octanol–water partition coefficient (Wildman–Crippen LogP) is -0.976. The molecule has 0 saturated carbocycles. The number of carbonyl (C=O) groups is 3. The Bertz CT molecular complexity index is 581. The average Bonchev–Trinajstić information content (AvgIpc) is 2.42. The lowest BCUT2D eigenvalue weighted by Gasteiger charge is -2.51. The molecular weight excluding hydrogens is 286 g/mol. The molecule has 2 heterocycles. The Hall–Kier alpha value is -2.05. The molecule has 2 aliphatic rings. The zero-order valence-electron chi connectivity index (χ0n) is 10.5. The van der Waals surface area contributed by atoms with Gasteiger partial charge in [-0.2, -0.15) is 5.26 Å². The van der Waals surface area contributed by atoms with Gasteiger partial charge in [-0.05, 0) is 0 Å². The second-order valence-electron chi connectivity index (χ2n) is 4.36. The number of ether oxygens (including phenoxy) is 1. The number of nitriles is 1. The van der Waals surface area contributed by atoms with Crippen molar-refractivity contribution in [3.05, 3.63) is 11.3 Å². The number of carbonyl (C=O) groups excluding carboxylic acids is 2. The van der Waals surface area contributed by atoms with Crippen LogP contribution in [0.5, 0.6) is 0 Å². The summed E-state index contributed by atoms with van der Waals surface area (Å²) in [6.45, 7) is 1.000. The number of aliphatic carboxylic acids is 1. The van der Waals surface area contributed by atoms with Crippen LogP contribution in [0.25, 0.3) is 0 Å². The smallest absolute Gasteiger partial charge is 0.352 e. The van der Waals surface area contributed by atoms with Gasteiger partial charge in [0.2, 0.25) is 5.54 Å². The Labute approximate surface area is 118 Å². The zero-order chi connectivity index (χ0) is 15.1. The number of rotatable bonds is 3. The molecular formula is C11H11N3O5S. The van der Waals surface area contributed by atoms with Crippen LogP contribution in [0.1, 0.15) is 6.92 Å². The van der Waals surface area contributed by atoms with Crippen LogP contribution in [0, 0.1) is 11.3 Å². The number of amides is 1. The van der Waals surface area contributed by atoms with E-state index in [2.05, 4.69) is 0 Å². The minimum atomic E-state index is -1.70. The molecule has 0 bridgehead atoms. The van der Waals surface area contributed by atoms with Crippen molar-refractivity contribution in [2.45, 2.75) is 17.8 Å². The number of esters is 1. The number of thioether (sulfide) groups is 1. The molecule has 0 aromatic rings. The van der Waals surface area contributed by atoms with Crippen LogP contribution in [0.2, 0.25) is 0 Å². The van der Waals surface area contributed by atoms with E-state index in [1.54, 1.807) is 6.07 Å². The summed E-state index contributed by atoms with van der Waals surface area (Å²) in [5, 5.41) is 17.5. The number of hydrogen-bond donors (Lipinski definition) is 2. The molecule has 0 spiro atoms. The quantitative estimate of drug-likeness (QED) is 0.501. The van der Waals surface area contributed by atoms with Gasteiger partial charge in [-0.1, -0.05) is 0 Å². The molecule has 3 N–H and O–H groups in total. The van der Waals surface area contributed by atoms with Crippen molar-refractivity contribution in [1.82, 2.24) is 4.90 Å². The van der Waals surface area contributed by atoms with Crippen molar-refractivity contribution >= 4 is 29.6 Å². The second kappa shape index (κ2) is 4.81. The number of nitrogens with zero attached hydrogens (tertiary/aromatic N) is 2. The summed E-state index contributed by atoms with van der Waals surface area (Å²) < 4.78 is 4.78. The summed E-state index contributed by atoms with van der Waals surface area (Å²) in [6, 6.07) is 1.72. The van der Waals surface area contributed by atoms with Crippen molar-refractivity contribution in [2.24, 2.45) is 5.73 Å². The first kappa shape index (κ1) is 14.4. The molecule has 2 rings (SSSR count). The van der Waals surface area contributed by atoms with E-state index in [1.807, 2.05) is 0 Å². The minimum absolute atomic E-state index is 0.204. The van der Waals surface area contributed by atoms with E-state index >= 15 is 0 Å². The molecule has 0 aromatic carbocycles. The number of fused-ring (bicyclic) bond motifs is 1. The zero-order valence-corrected chi connectivity index (χ0v) is 11.3. The van der Waals surface area contributed by atoms with Gasteiger partial charge in [-0.25, -0.2) is 4.79 Å². The molecule has 1 fully saturated rings. The van der Waals surface area contributed by atoms with Gasteiger partial charge in [0, 0.05) is 18.2 Å². The van der Waals surface area contributed by atoms with E-state index in [0.717, 1.165) is 4.90 Å². The SMILES string of the molecule is CC(=O)OCC1=C(C(=O)O)N2C(=O)[C@@](N)(C#N)[C@H]2SC1. The molecule has 20 heavy (non-hydrogen) atoms. The molecule has 9 heteroatoms. The van der Waals surface area contributed by atoms with E-state index in [4.69, 9.17) is 15.7 Å². The third kappa shape index (κ3) is 1.93. The third-order valence-electron chi connectivity index (χ3n) is 3.03. The van der Waals surface area contributed by atoms with Gasteiger partial charge in [0.25, 0.3) is 5.91 Å². The highest BCUT2D eigenvalue weighted by atomic mass is 32.2.